The Morgan fingerprint density at radius 3 is 3.08 bits per heavy atom. The molecule has 0 aromatic rings. The molecule has 1 rings (SSSR count). The number of carbonyl (C=O) groups excluding carboxylic acids is 1. The molecule has 1 amide bonds. The summed E-state index contributed by atoms with van der Waals surface area (Å²) in [5.41, 5.74) is 0. The average Bonchev–Trinajstić information content (AvgIpc) is 2.09. The lowest BCUT2D eigenvalue weighted by Crippen LogP contribution is -2.52. The monoisotopic (exact) mass is 185 g/mol. The summed E-state index contributed by atoms with van der Waals surface area (Å²) < 4.78 is 0. The molecule has 1 fully saturated rings. The van der Waals surface area contributed by atoms with Crippen molar-refractivity contribution in [1.29, 1.82) is 0 Å². The molecule has 1 heterocycles. The summed E-state index contributed by atoms with van der Waals surface area (Å²) in [6.07, 6.45) is 0. The molecule has 76 valence electrons. The Kier molecular flexibility index (Phi) is 4.18. The topological polar surface area (TPSA) is 44.4 Å². The van der Waals surface area contributed by atoms with Crippen LogP contribution >= 0.6 is 0 Å². The molecule has 0 spiro atoms. The van der Waals surface area contributed by atoms with Gasteiger partial charge in [0.15, 0.2) is 0 Å². The number of nitrogens with one attached hydrogen (secondary N) is 2. The van der Waals surface area contributed by atoms with Crippen LogP contribution in [0.2, 0.25) is 0 Å². The largest absolute Gasteiger partial charge is 0.355 e. The second-order valence-corrected chi connectivity index (χ2v) is 3.48. The van der Waals surface area contributed by atoms with Crippen molar-refractivity contribution in [1.82, 2.24) is 15.5 Å². The Morgan fingerprint density at radius 1 is 1.69 bits per heavy atom. The van der Waals surface area contributed by atoms with Gasteiger partial charge in [-0.1, -0.05) is 0 Å². The van der Waals surface area contributed by atoms with Gasteiger partial charge >= 0.3 is 0 Å². The van der Waals surface area contributed by atoms with Crippen molar-refractivity contribution in [3.63, 3.8) is 0 Å². The van der Waals surface area contributed by atoms with Crippen LogP contribution in [0.1, 0.15) is 13.8 Å². The quantitative estimate of drug-likeness (QED) is 0.618. The smallest absolute Gasteiger partial charge is 0.234 e. The normalized spacial score (nSPS) is 24.3. The van der Waals surface area contributed by atoms with Gasteiger partial charge < -0.3 is 10.6 Å². The van der Waals surface area contributed by atoms with Crippen LogP contribution in [0.3, 0.4) is 0 Å². The molecule has 1 saturated heterocycles. The van der Waals surface area contributed by atoms with E-state index in [2.05, 4.69) is 22.5 Å². The van der Waals surface area contributed by atoms with Crippen LogP contribution in [0.5, 0.6) is 0 Å². The maximum Gasteiger partial charge on any atom is 0.234 e. The van der Waals surface area contributed by atoms with E-state index >= 15 is 0 Å². The highest BCUT2D eigenvalue weighted by atomic mass is 16.2. The molecule has 1 aliphatic heterocycles. The van der Waals surface area contributed by atoms with Crippen LogP contribution in [0, 0.1) is 0 Å². The molecule has 2 N–H and O–H groups in total. The van der Waals surface area contributed by atoms with E-state index in [1.54, 1.807) is 0 Å². The summed E-state index contributed by atoms with van der Waals surface area (Å²) in [7, 11) is 0. The summed E-state index contributed by atoms with van der Waals surface area (Å²) in [5, 5.41) is 6.11. The number of nitrogens with zero attached hydrogens (tertiary/aromatic N) is 1. The minimum Gasteiger partial charge on any atom is -0.355 e. The maximum absolute atomic E-state index is 11.3. The molecule has 0 aromatic carbocycles. The summed E-state index contributed by atoms with van der Waals surface area (Å²) in [5.74, 6) is 0.135. The standard InChI is InChI=1S/C9H19N3O/c1-3-11-9(13)7-12-5-4-10-6-8(12)2/h8,10H,3-7H2,1-2H3,(H,11,13). The Labute approximate surface area is 79.7 Å². The van der Waals surface area contributed by atoms with E-state index in [1.807, 2.05) is 6.92 Å². The zero-order valence-electron chi connectivity index (χ0n) is 8.47. The zero-order chi connectivity index (χ0) is 9.68. The van der Waals surface area contributed by atoms with Gasteiger partial charge in [-0.05, 0) is 13.8 Å². The molecule has 4 nitrogen and oxygen atoms in total. The molecule has 1 atom stereocenters. The second kappa shape index (κ2) is 5.19. The van der Waals surface area contributed by atoms with Crippen LogP contribution in [0.15, 0.2) is 0 Å². The summed E-state index contributed by atoms with van der Waals surface area (Å²) in [6.45, 7) is 8.29. The molecule has 1 aliphatic rings. The molecule has 4 heteroatoms. The highest BCUT2D eigenvalue weighted by molar-refractivity contribution is 5.77. The van der Waals surface area contributed by atoms with Gasteiger partial charge in [-0.15, -0.1) is 0 Å². The van der Waals surface area contributed by atoms with Crippen molar-refractivity contribution in [3.8, 4) is 0 Å². The van der Waals surface area contributed by atoms with E-state index in [0.717, 1.165) is 26.2 Å². The minimum absolute atomic E-state index is 0.135. The first-order valence-corrected chi connectivity index (χ1v) is 4.95. The number of hydrogen-bond donors (Lipinski definition) is 2. The van der Waals surface area contributed by atoms with Crippen LogP contribution in [-0.4, -0.2) is 49.6 Å². The number of rotatable bonds is 3. The van der Waals surface area contributed by atoms with Crippen molar-refractivity contribution in [2.75, 3.05) is 32.7 Å². The van der Waals surface area contributed by atoms with Gasteiger partial charge in [0.05, 0.1) is 6.54 Å². The molecular formula is C9H19N3O. The highest BCUT2D eigenvalue weighted by Crippen LogP contribution is 2.00. The first kappa shape index (κ1) is 10.5. The van der Waals surface area contributed by atoms with Crippen molar-refractivity contribution in [3.05, 3.63) is 0 Å². The van der Waals surface area contributed by atoms with Crippen molar-refractivity contribution < 1.29 is 4.79 Å². The first-order valence-electron chi connectivity index (χ1n) is 4.95. The number of carbonyl (C=O) groups is 1. The molecule has 0 bridgehead atoms. The predicted octanol–water partition coefficient (Wildman–Crippen LogP) is -0.584. The Balaban J connectivity index is 2.29. The molecule has 0 aromatic heterocycles. The van der Waals surface area contributed by atoms with Crippen LogP contribution in [0.4, 0.5) is 0 Å². The van der Waals surface area contributed by atoms with Crippen molar-refractivity contribution >= 4 is 5.91 Å². The molecule has 0 aliphatic carbocycles. The number of amides is 1. The van der Waals surface area contributed by atoms with E-state index in [0.29, 0.717) is 12.6 Å². The predicted molar refractivity (Wildman–Crippen MR) is 52.6 cm³/mol. The lowest BCUT2D eigenvalue weighted by atomic mass is 10.2. The van der Waals surface area contributed by atoms with Crippen molar-refractivity contribution in [2.45, 2.75) is 19.9 Å². The third-order valence-corrected chi connectivity index (χ3v) is 2.36. The zero-order valence-corrected chi connectivity index (χ0v) is 8.47. The number of likely N-dealkylation sites (N-methyl/N-ethyl adjacent to an activating group) is 1. The van der Waals surface area contributed by atoms with E-state index in [1.165, 1.54) is 0 Å². The summed E-state index contributed by atoms with van der Waals surface area (Å²) >= 11 is 0. The molecule has 1 unspecified atom stereocenters. The van der Waals surface area contributed by atoms with Gasteiger partial charge in [0.1, 0.15) is 0 Å². The van der Waals surface area contributed by atoms with E-state index in [4.69, 9.17) is 0 Å². The van der Waals surface area contributed by atoms with Gasteiger partial charge in [-0.3, -0.25) is 9.69 Å². The lowest BCUT2D eigenvalue weighted by Gasteiger charge is -2.33. The second-order valence-electron chi connectivity index (χ2n) is 3.48. The van der Waals surface area contributed by atoms with E-state index in [-0.39, 0.29) is 5.91 Å². The highest BCUT2D eigenvalue weighted by Gasteiger charge is 2.19. The van der Waals surface area contributed by atoms with Gasteiger partial charge in [0, 0.05) is 32.2 Å². The number of hydrogen-bond acceptors (Lipinski definition) is 3. The van der Waals surface area contributed by atoms with E-state index in [9.17, 15) is 4.79 Å². The summed E-state index contributed by atoms with van der Waals surface area (Å²) in [4.78, 5) is 13.5. The first-order chi connectivity index (χ1) is 6.24. The third kappa shape index (κ3) is 3.32. The van der Waals surface area contributed by atoms with Crippen LogP contribution in [-0.2, 0) is 4.79 Å². The fourth-order valence-corrected chi connectivity index (χ4v) is 1.56. The molecular weight excluding hydrogens is 166 g/mol. The Bertz CT molecular complexity index is 172. The van der Waals surface area contributed by atoms with Gasteiger partial charge in [0.2, 0.25) is 5.91 Å². The Morgan fingerprint density at radius 2 is 2.46 bits per heavy atom. The van der Waals surface area contributed by atoms with Crippen LogP contribution in [0.25, 0.3) is 0 Å². The third-order valence-electron chi connectivity index (χ3n) is 2.36. The van der Waals surface area contributed by atoms with Crippen LogP contribution < -0.4 is 10.6 Å². The maximum atomic E-state index is 11.3. The van der Waals surface area contributed by atoms with Gasteiger partial charge in [0.25, 0.3) is 0 Å². The average molecular weight is 185 g/mol. The van der Waals surface area contributed by atoms with E-state index < -0.39 is 0 Å². The molecule has 0 radical (unpaired) electrons. The SMILES string of the molecule is CCNC(=O)CN1CCNCC1C. The lowest BCUT2D eigenvalue weighted by molar-refractivity contribution is -0.122. The minimum atomic E-state index is 0.135. The fourth-order valence-electron chi connectivity index (χ4n) is 1.56. The fraction of sp³-hybridized carbons (Fsp3) is 0.889. The Hall–Kier alpha value is -0.610. The molecule has 0 saturated carbocycles. The van der Waals surface area contributed by atoms with Gasteiger partial charge in [-0.25, -0.2) is 0 Å². The van der Waals surface area contributed by atoms with Gasteiger partial charge in [-0.2, -0.15) is 0 Å². The summed E-state index contributed by atoms with van der Waals surface area (Å²) in [6, 6.07) is 0.469. The van der Waals surface area contributed by atoms with Crippen molar-refractivity contribution in [2.24, 2.45) is 0 Å². The molecule has 13 heavy (non-hydrogen) atoms. The number of piperazine rings is 1.